The summed E-state index contributed by atoms with van der Waals surface area (Å²) in [6.45, 7) is 11.4. The molecule has 0 radical (unpaired) electrons. The zero-order valence-electron chi connectivity index (χ0n) is 16.1. The standard InChI is InChI=1S/C20H31N3O2/c1-14(2)18(24)21-15-10-12-23(13-11-15)17-9-7-6-8-16(17)19(25)22-20(3,4)5/h6-9,14-15H,10-13H2,1-5H3,(H,21,24)(H,22,25). The minimum absolute atomic E-state index is 0.0137. The molecule has 1 aromatic carbocycles. The highest BCUT2D eigenvalue weighted by molar-refractivity contribution is 6.00. The second-order valence-corrected chi connectivity index (χ2v) is 8.15. The Morgan fingerprint density at radius 3 is 2.28 bits per heavy atom. The Morgan fingerprint density at radius 1 is 1.12 bits per heavy atom. The topological polar surface area (TPSA) is 61.4 Å². The predicted octanol–water partition coefficient (Wildman–Crippen LogP) is 2.96. The number of anilines is 1. The smallest absolute Gasteiger partial charge is 0.253 e. The number of rotatable bonds is 4. The molecule has 0 aromatic heterocycles. The van der Waals surface area contributed by atoms with Crippen LogP contribution in [0.25, 0.3) is 0 Å². The van der Waals surface area contributed by atoms with Gasteiger partial charge in [0.15, 0.2) is 0 Å². The van der Waals surface area contributed by atoms with Gasteiger partial charge < -0.3 is 15.5 Å². The van der Waals surface area contributed by atoms with Crippen molar-refractivity contribution in [1.29, 1.82) is 0 Å². The Balaban J connectivity index is 2.04. The molecule has 1 aromatic rings. The molecule has 138 valence electrons. The van der Waals surface area contributed by atoms with Crippen LogP contribution in [0.5, 0.6) is 0 Å². The summed E-state index contributed by atoms with van der Waals surface area (Å²) in [6.07, 6.45) is 1.79. The molecule has 5 nitrogen and oxygen atoms in total. The van der Waals surface area contributed by atoms with Crippen molar-refractivity contribution in [3.05, 3.63) is 29.8 Å². The van der Waals surface area contributed by atoms with Crippen LogP contribution in [0.2, 0.25) is 0 Å². The van der Waals surface area contributed by atoms with Crippen molar-refractivity contribution >= 4 is 17.5 Å². The Labute approximate surface area is 151 Å². The lowest BCUT2D eigenvalue weighted by molar-refractivity contribution is -0.124. The summed E-state index contributed by atoms with van der Waals surface area (Å²) >= 11 is 0. The maximum atomic E-state index is 12.6. The SMILES string of the molecule is CC(C)C(=O)NC1CCN(c2ccccc2C(=O)NC(C)(C)C)CC1. The number of carbonyl (C=O) groups is 2. The van der Waals surface area contributed by atoms with Crippen LogP contribution in [-0.2, 0) is 4.79 Å². The van der Waals surface area contributed by atoms with E-state index in [-0.39, 0.29) is 29.3 Å². The molecule has 1 heterocycles. The first-order valence-electron chi connectivity index (χ1n) is 9.14. The largest absolute Gasteiger partial charge is 0.371 e. The van der Waals surface area contributed by atoms with Crippen molar-refractivity contribution in [2.75, 3.05) is 18.0 Å². The fourth-order valence-corrected chi connectivity index (χ4v) is 2.98. The molecule has 0 atom stereocenters. The Bertz CT molecular complexity index is 612. The number of nitrogens with one attached hydrogen (secondary N) is 2. The third-order valence-corrected chi connectivity index (χ3v) is 4.34. The minimum atomic E-state index is -0.266. The predicted molar refractivity (Wildman–Crippen MR) is 102 cm³/mol. The highest BCUT2D eigenvalue weighted by Crippen LogP contribution is 2.25. The first-order chi connectivity index (χ1) is 11.7. The summed E-state index contributed by atoms with van der Waals surface area (Å²) in [5, 5.41) is 6.15. The molecule has 2 N–H and O–H groups in total. The third-order valence-electron chi connectivity index (χ3n) is 4.34. The van der Waals surface area contributed by atoms with E-state index in [1.807, 2.05) is 58.9 Å². The molecular formula is C20H31N3O2. The van der Waals surface area contributed by atoms with Gasteiger partial charge in [0.1, 0.15) is 0 Å². The summed E-state index contributed by atoms with van der Waals surface area (Å²) in [7, 11) is 0. The molecule has 2 rings (SSSR count). The first-order valence-corrected chi connectivity index (χ1v) is 9.14. The van der Waals surface area contributed by atoms with Crippen LogP contribution in [0, 0.1) is 5.92 Å². The van der Waals surface area contributed by atoms with Crippen LogP contribution >= 0.6 is 0 Å². The zero-order valence-corrected chi connectivity index (χ0v) is 16.1. The molecular weight excluding hydrogens is 314 g/mol. The van der Waals surface area contributed by atoms with Gasteiger partial charge in [-0.1, -0.05) is 26.0 Å². The van der Waals surface area contributed by atoms with Crippen molar-refractivity contribution < 1.29 is 9.59 Å². The molecule has 1 fully saturated rings. The van der Waals surface area contributed by atoms with Crippen LogP contribution in [0.15, 0.2) is 24.3 Å². The second kappa shape index (κ2) is 7.89. The highest BCUT2D eigenvalue weighted by Gasteiger charge is 2.25. The van der Waals surface area contributed by atoms with Crippen LogP contribution in [0.3, 0.4) is 0 Å². The second-order valence-electron chi connectivity index (χ2n) is 8.15. The molecule has 0 aliphatic carbocycles. The van der Waals surface area contributed by atoms with Gasteiger partial charge >= 0.3 is 0 Å². The Hall–Kier alpha value is -2.04. The molecule has 5 heteroatoms. The van der Waals surface area contributed by atoms with Crippen molar-refractivity contribution in [1.82, 2.24) is 10.6 Å². The van der Waals surface area contributed by atoms with Gasteiger partial charge in [-0.2, -0.15) is 0 Å². The maximum absolute atomic E-state index is 12.6. The molecule has 0 unspecified atom stereocenters. The summed E-state index contributed by atoms with van der Waals surface area (Å²) < 4.78 is 0. The lowest BCUT2D eigenvalue weighted by Gasteiger charge is -2.35. The van der Waals surface area contributed by atoms with Gasteiger partial charge in [0.2, 0.25) is 5.91 Å². The molecule has 0 spiro atoms. The normalized spacial score (nSPS) is 16.0. The lowest BCUT2D eigenvalue weighted by Crippen LogP contribution is -2.46. The van der Waals surface area contributed by atoms with Gasteiger partial charge in [0.25, 0.3) is 5.91 Å². The van der Waals surface area contributed by atoms with Gasteiger partial charge in [-0.25, -0.2) is 0 Å². The van der Waals surface area contributed by atoms with Crippen molar-refractivity contribution in [2.24, 2.45) is 5.92 Å². The Morgan fingerprint density at radius 2 is 1.72 bits per heavy atom. The average Bonchev–Trinajstić information content (AvgIpc) is 2.54. The fourth-order valence-electron chi connectivity index (χ4n) is 2.98. The van der Waals surface area contributed by atoms with Gasteiger partial charge in [0.05, 0.1) is 5.56 Å². The van der Waals surface area contributed by atoms with E-state index in [4.69, 9.17) is 0 Å². The molecule has 1 aliphatic heterocycles. The number of piperidine rings is 1. The van der Waals surface area contributed by atoms with Gasteiger partial charge in [0, 0.05) is 36.3 Å². The third kappa shape index (κ3) is 5.48. The molecule has 25 heavy (non-hydrogen) atoms. The first kappa shape index (κ1) is 19.3. The zero-order chi connectivity index (χ0) is 18.6. The van der Waals surface area contributed by atoms with Gasteiger partial charge in [-0.15, -0.1) is 0 Å². The van der Waals surface area contributed by atoms with Crippen LogP contribution in [0.4, 0.5) is 5.69 Å². The van der Waals surface area contributed by atoms with Crippen LogP contribution in [0.1, 0.15) is 57.8 Å². The number of para-hydroxylation sites is 1. The molecule has 1 saturated heterocycles. The fraction of sp³-hybridized carbons (Fsp3) is 0.600. The molecule has 0 bridgehead atoms. The molecule has 1 aliphatic rings. The van der Waals surface area contributed by atoms with E-state index in [9.17, 15) is 9.59 Å². The average molecular weight is 345 g/mol. The van der Waals surface area contributed by atoms with Crippen LogP contribution < -0.4 is 15.5 Å². The van der Waals surface area contributed by atoms with Crippen LogP contribution in [-0.4, -0.2) is 36.5 Å². The van der Waals surface area contributed by atoms with Gasteiger partial charge in [-0.3, -0.25) is 9.59 Å². The number of nitrogens with zero attached hydrogens (tertiary/aromatic N) is 1. The van der Waals surface area contributed by atoms with E-state index >= 15 is 0 Å². The summed E-state index contributed by atoms with van der Waals surface area (Å²) in [5.41, 5.74) is 1.41. The quantitative estimate of drug-likeness (QED) is 0.882. The van der Waals surface area contributed by atoms with E-state index in [1.165, 1.54) is 0 Å². The van der Waals surface area contributed by atoms with Crippen molar-refractivity contribution in [3.8, 4) is 0 Å². The lowest BCUT2D eigenvalue weighted by atomic mass is 10.0. The molecule has 2 amide bonds. The molecule has 0 saturated carbocycles. The number of hydrogen-bond acceptors (Lipinski definition) is 3. The van der Waals surface area contributed by atoms with E-state index in [2.05, 4.69) is 15.5 Å². The summed E-state index contributed by atoms with van der Waals surface area (Å²) in [6, 6.07) is 7.97. The number of amides is 2. The van der Waals surface area contributed by atoms with E-state index in [0.29, 0.717) is 5.56 Å². The minimum Gasteiger partial charge on any atom is -0.371 e. The van der Waals surface area contributed by atoms with E-state index in [0.717, 1.165) is 31.6 Å². The van der Waals surface area contributed by atoms with E-state index in [1.54, 1.807) is 0 Å². The monoisotopic (exact) mass is 345 g/mol. The summed E-state index contributed by atoms with van der Waals surface area (Å²) in [5.74, 6) is 0.0848. The van der Waals surface area contributed by atoms with Gasteiger partial charge in [-0.05, 0) is 45.7 Å². The van der Waals surface area contributed by atoms with Crippen molar-refractivity contribution in [3.63, 3.8) is 0 Å². The number of benzene rings is 1. The number of carbonyl (C=O) groups excluding carboxylic acids is 2. The maximum Gasteiger partial charge on any atom is 0.253 e. The van der Waals surface area contributed by atoms with E-state index < -0.39 is 0 Å². The Kier molecular flexibility index (Phi) is 6.09. The van der Waals surface area contributed by atoms with Crippen molar-refractivity contribution in [2.45, 2.75) is 59.0 Å². The number of hydrogen-bond donors (Lipinski definition) is 2. The summed E-state index contributed by atoms with van der Waals surface area (Å²) in [4.78, 5) is 26.7. The highest BCUT2D eigenvalue weighted by atomic mass is 16.2.